The number of imidazole rings is 1. The molecule has 0 radical (unpaired) electrons. The van der Waals surface area contributed by atoms with Gasteiger partial charge in [0.15, 0.2) is 0 Å². The van der Waals surface area contributed by atoms with Gasteiger partial charge in [0.05, 0.1) is 30.7 Å². The third kappa shape index (κ3) is 4.78. The van der Waals surface area contributed by atoms with Gasteiger partial charge in [-0.3, -0.25) is 9.89 Å². The van der Waals surface area contributed by atoms with Crippen LogP contribution in [0.25, 0.3) is 11.0 Å². The first kappa shape index (κ1) is 16.9. The molecule has 5 nitrogen and oxygen atoms in total. The molecule has 0 fully saturated rings. The number of aromatic amines is 1. The topological polar surface area (TPSA) is 56.3 Å². The van der Waals surface area contributed by atoms with Crippen LogP contribution in [-0.4, -0.2) is 40.8 Å². The molecule has 1 heterocycles. The maximum Gasteiger partial charge on any atom is 0.121 e. The second kappa shape index (κ2) is 8.26. The minimum absolute atomic E-state index is 0.591. The molecule has 0 spiro atoms. The second-order valence-corrected chi connectivity index (χ2v) is 5.94. The maximum atomic E-state index is 4.63. The van der Waals surface area contributed by atoms with Crippen LogP contribution >= 0.6 is 0 Å². The number of rotatable bonds is 7. The van der Waals surface area contributed by atoms with Crippen LogP contribution in [0.4, 0.5) is 5.69 Å². The Balaban J connectivity index is 1.66. The van der Waals surface area contributed by atoms with E-state index in [1.54, 1.807) is 6.08 Å². The van der Waals surface area contributed by atoms with Gasteiger partial charge in [-0.2, -0.15) is 0 Å². The van der Waals surface area contributed by atoms with Crippen molar-refractivity contribution in [2.45, 2.75) is 6.54 Å². The summed E-state index contributed by atoms with van der Waals surface area (Å²) < 4.78 is 0. The van der Waals surface area contributed by atoms with Crippen molar-refractivity contribution in [2.24, 2.45) is 4.99 Å². The van der Waals surface area contributed by atoms with E-state index in [1.807, 2.05) is 54.6 Å². The molecule has 128 valence electrons. The molecule has 2 N–H and O–H groups in total. The Morgan fingerprint density at radius 3 is 2.72 bits per heavy atom. The van der Waals surface area contributed by atoms with E-state index in [2.05, 4.69) is 38.8 Å². The van der Waals surface area contributed by atoms with Crippen LogP contribution in [0.2, 0.25) is 0 Å². The van der Waals surface area contributed by atoms with Gasteiger partial charge in [-0.25, -0.2) is 4.98 Å². The molecule has 0 unspecified atom stereocenters. The summed E-state index contributed by atoms with van der Waals surface area (Å²) in [5, 5.41) is 3.39. The lowest BCUT2D eigenvalue weighted by Crippen LogP contribution is -2.30. The van der Waals surface area contributed by atoms with Crippen LogP contribution < -0.4 is 5.32 Å². The predicted octanol–water partition coefficient (Wildman–Crippen LogP) is 3.69. The Morgan fingerprint density at radius 2 is 1.96 bits per heavy atom. The largest absolute Gasteiger partial charge is 0.343 e. The summed E-state index contributed by atoms with van der Waals surface area (Å²) in [7, 11) is 2.06. The van der Waals surface area contributed by atoms with Gasteiger partial charge in [0.1, 0.15) is 11.7 Å². The highest BCUT2D eigenvalue weighted by molar-refractivity contribution is 5.97. The van der Waals surface area contributed by atoms with E-state index >= 15 is 0 Å². The van der Waals surface area contributed by atoms with Crippen LogP contribution in [-0.2, 0) is 6.54 Å². The number of hydrogen-bond acceptors (Lipinski definition) is 3. The third-order valence-electron chi connectivity index (χ3n) is 3.75. The van der Waals surface area contributed by atoms with Crippen LogP contribution in [0, 0.1) is 0 Å². The Labute approximate surface area is 148 Å². The first-order valence-corrected chi connectivity index (χ1v) is 8.33. The summed E-state index contributed by atoms with van der Waals surface area (Å²) in [6.07, 6.45) is 1.80. The Kier molecular flexibility index (Phi) is 5.59. The number of nitrogens with zero attached hydrogens (tertiary/aromatic N) is 3. The fraction of sp³-hybridized carbons (Fsp3) is 0.200. The van der Waals surface area contributed by atoms with Gasteiger partial charge in [0.25, 0.3) is 0 Å². The molecular formula is C20H23N5. The van der Waals surface area contributed by atoms with Crippen LogP contribution in [0.5, 0.6) is 0 Å². The normalized spacial score (nSPS) is 11.8. The monoisotopic (exact) mass is 333 g/mol. The zero-order valence-electron chi connectivity index (χ0n) is 14.4. The molecule has 0 saturated heterocycles. The van der Waals surface area contributed by atoms with Crippen molar-refractivity contribution in [3.05, 3.63) is 73.1 Å². The van der Waals surface area contributed by atoms with Gasteiger partial charge in [-0.05, 0) is 31.3 Å². The number of nitrogens with one attached hydrogen (secondary N) is 2. The number of aliphatic imine (C=N–C) groups is 1. The number of aromatic nitrogens is 2. The number of H-pyrrole nitrogens is 1. The van der Waals surface area contributed by atoms with Crippen molar-refractivity contribution in [2.75, 3.05) is 25.5 Å². The lowest BCUT2D eigenvalue weighted by Gasteiger charge is -2.18. The second-order valence-electron chi connectivity index (χ2n) is 5.94. The van der Waals surface area contributed by atoms with E-state index in [4.69, 9.17) is 0 Å². The predicted molar refractivity (Wildman–Crippen MR) is 105 cm³/mol. The molecule has 0 atom stereocenters. The van der Waals surface area contributed by atoms with Crippen molar-refractivity contribution >= 4 is 22.6 Å². The molecule has 0 bridgehead atoms. The highest BCUT2D eigenvalue weighted by Crippen LogP contribution is 2.11. The first-order chi connectivity index (χ1) is 12.2. The molecule has 3 aromatic rings. The highest BCUT2D eigenvalue weighted by Gasteiger charge is 2.09. The zero-order chi connectivity index (χ0) is 17.5. The number of fused-ring (bicyclic) bond motifs is 1. The number of anilines is 1. The van der Waals surface area contributed by atoms with Crippen LogP contribution in [0.3, 0.4) is 0 Å². The lowest BCUT2D eigenvalue weighted by atomic mass is 10.3. The van der Waals surface area contributed by atoms with Crippen molar-refractivity contribution in [1.82, 2.24) is 14.9 Å². The van der Waals surface area contributed by atoms with E-state index in [0.717, 1.165) is 34.9 Å². The summed E-state index contributed by atoms with van der Waals surface area (Å²) in [6.45, 7) is 5.75. The fourth-order valence-electron chi connectivity index (χ4n) is 2.64. The van der Waals surface area contributed by atoms with Crippen molar-refractivity contribution in [3.8, 4) is 0 Å². The molecule has 3 rings (SSSR count). The average molecular weight is 333 g/mol. The molecular weight excluding hydrogens is 310 g/mol. The molecule has 0 saturated carbocycles. The molecule has 25 heavy (non-hydrogen) atoms. The van der Waals surface area contributed by atoms with Crippen molar-refractivity contribution in [1.29, 1.82) is 0 Å². The van der Waals surface area contributed by atoms with E-state index in [9.17, 15) is 0 Å². The van der Waals surface area contributed by atoms with Crippen molar-refractivity contribution < 1.29 is 0 Å². The Bertz CT molecular complexity index is 818. The number of amidine groups is 1. The molecule has 2 aromatic carbocycles. The summed E-state index contributed by atoms with van der Waals surface area (Å²) in [6, 6.07) is 18.1. The Morgan fingerprint density at radius 1 is 1.20 bits per heavy atom. The molecule has 0 aliphatic heterocycles. The lowest BCUT2D eigenvalue weighted by molar-refractivity contribution is 0.364. The minimum Gasteiger partial charge on any atom is -0.343 e. The maximum absolute atomic E-state index is 4.63. The summed E-state index contributed by atoms with van der Waals surface area (Å²) in [5.74, 6) is 1.86. The smallest absolute Gasteiger partial charge is 0.121 e. The standard InChI is InChI=1S/C20H23N5/c1-3-13-21-19(22-16-9-5-4-6-10-16)14-25(2)15-20-23-17-11-7-8-12-18(17)24-20/h3-12H,1,13-15H2,2H3,(H,21,22)(H,23,24). The highest BCUT2D eigenvalue weighted by atomic mass is 15.2. The number of hydrogen-bond donors (Lipinski definition) is 2. The van der Waals surface area contributed by atoms with E-state index in [1.165, 1.54) is 0 Å². The quantitative estimate of drug-likeness (QED) is 0.394. The number of benzene rings is 2. The molecule has 0 aliphatic carbocycles. The van der Waals surface area contributed by atoms with E-state index in [-0.39, 0.29) is 0 Å². The third-order valence-corrected chi connectivity index (χ3v) is 3.75. The SMILES string of the molecule is C=CCN=C(CN(C)Cc1nc2ccccc2[nH]1)Nc1ccccc1. The van der Waals surface area contributed by atoms with Gasteiger partial charge in [-0.1, -0.05) is 36.4 Å². The molecule has 5 heteroatoms. The summed E-state index contributed by atoms with van der Waals surface area (Å²) >= 11 is 0. The Hall–Kier alpha value is -2.92. The zero-order valence-corrected chi connectivity index (χ0v) is 14.4. The van der Waals surface area contributed by atoms with Crippen LogP contribution in [0.1, 0.15) is 5.82 Å². The molecule has 0 amide bonds. The number of likely N-dealkylation sites (N-methyl/N-ethyl adjacent to an activating group) is 1. The first-order valence-electron chi connectivity index (χ1n) is 8.33. The fourth-order valence-corrected chi connectivity index (χ4v) is 2.64. The van der Waals surface area contributed by atoms with Gasteiger partial charge in [0, 0.05) is 5.69 Å². The van der Waals surface area contributed by atoms with E-state index in [0.29, 0.717) is 13.1 Å². The van der Waals surface area contributed by atoms with Crippen molar-refractivity contribution in [3.63, 3.8) is 0 Å². The van der Waals surface area contributed by atoms with E-state index < -0.39 is 0 Å². The van der Waals surface area contributed by atoms with Gasteiger partial charge < -0.3 is 10.3 Å². The van der Waals surface area contributed by atoms with Gasteiger partial charge >= 0.3 is 0 Å². The average Bonchev–Trinajstić information content (AvgIpc) is 3.02. The number of para-hydroxylation sites is 3. The molecule has 0 aliphatic rings. The molecule has 1 aromatic heterocycles. The summed E-state index contributed by atoms with van der Waals surface area (Å²) in [5.41, 5.74) is 3.09. The van der Waals surface area contributed by atoms with Crippen LogP contribution in [0.15, 0.2) is 72.2 Å². The summed E-state index contributed by atoms with van der Waals surface area (Å²) in [4.78, 5) is 14.7. The van der Waals surface area contributed by atoms with Gasteiger partial charge in [-0.15, -0.1) is 6.58 Å². The minimum atomic E-state index is 0.591. The van der Waals surface area contributed by atoms with Gasteiger partial charge in [0.2, 0.25) is 0 Å².